The fourth-order valence-electron chi connectivity index (χ4n) is 3.43. The van der Waals surface area contributed by atoms with Gasteiger partial charge in [0.25, 0.3) is 0 Å². The number of benzene rings is 2. The quantitative estimate of drug-likeness (QED) is 0.646. The first-order valence-electron chi connectivity index (χ1n) is 10.3. The fourth-order valence-corrected chi connectivity index (χ4v) is 3.43. The van der Waals surface area contributed by atoms with Crippen molar-refractivity contribution in [2.45, 2.75) is 32.7 Å². The Balaban J connectivity index is 1.60. The van der Waals surface area contributed by atoms with Crippen LogP contribution in [0.25, 0.3) is 16.9 Å². The standard InChI is InChI=1S/C24H26N4O2/c1-17(2)23(30)27(20-13-14-20)16-22(29)26-24-25-21(18-9-5-3-6-10-18)15-28(24)19-11-7-4-8-12-19/h3-12,15,17,20H,13-14,16H2,1-2H3,(H,25,26,29). The number of carbonyl (C=O) groups is 2. The van der Waals surface area contributed by atoms with Crippen LogP contribution in [0.3, 0.4) is 0 Å². The summed E-state index contributed by atoms with van der Waals surface area (Å²) < 4.78 is 1.87. The highest BCUT2D eigenvalue weighted by Crippen LogP contribution is 2.28. The van der Waals surface area contributed by atoms with Crippen LogP contribution in [-0.4, -0.2) is 38.9 Å². The average Bonchev–Trinajstić information content (AvgIpc) is 3.52. The van der Waals surface area contributed by atoms with Crippen molar-refractivity contribution in [3.63, 3.8) is 0 Å². The van der Waals surface area contributed by atoms with Crippen LogP contribution in [0, 0.1) is 5.92 Å². The number of anilines is 1. The minimum atomic E-state index is -0.238. The molecular weight excluding hydrogens is 376 g/mol. The summed E-state index contributed by atoms with van der Waals surface area (Å²) in [6.45, 7) is 3.78. The van der Waals surface area contributed by atoms with Crippen molar-refractivity contribution in [2.75, 3.05) is 11.9 Å². The molecule has 3 aromatic rings. The van der Waals surface area contributed by atoms with Gasteiger partial charge in [-0.3, -0.25) is 19.5 Å². The fraction of sp³-hybridized carbons (Fsp3) is 0.292. The molecule has 1 aliphatic rings. The van der Waals surface area contributed by atoms with Crippen molar-refractivity contribution in [2.24, 2.45) is 5.92 Å². The van der Waals surface area contributed by atoms with Crippen molar-refractivity contribution >= 4 is 17.8 Å². The molecule has 2 aromatic carbocycles. The van der Waals surface area contributed by atoms with Crippen LogP contribution < -0.4 is 5.32 Å². The number of nitrogens with one attached hydrogen (secondary N) is 1. The molecular formula is C24H26N4O2. The zero-order chi connectivity index (χ0) is 21.1. The first-order valence-corrected chi connectivity index (χ1v) is 10.3. The molecule has 30 heavy (non-hydrogen) atoms. The van der Waals surface area contributed by atoms with Crippen molar-refractivity contribution in [3.05, 3.63) is 66.9 Å². The molecule has 1 aliphatic carbocycles. The Kier molecular flexibility index (Phi) is 5.65. The van der Waals surface area contributed by atoms with E-state index >= 15 is 0 Å². The third kappa shape index (κ3) is 4.43. The van der Waals surface area contributed by atoms with E-state index in [1.54, 1.807) is 4.90 Å². The van der Waals surface area contributed by atoms with Gasteiger partial charge in [-0.25, -0.2) is 4.98 Å². The van der Waals surface area contributed by atoms with Crippen LogP contribution in [0.15, 0.2) is 66.9 Å². The molecule has 0 atom stereocenters. The topological polar surface area (TPSA) is 67.2 Å². The highest BCUT2D eigenvalue weighted by atomic mass is 16.2. The zero-order valence-corrected chi connectivity index (χ0v) is 17.3. The molecule has 0 spiro atoms. The Labute approximate surface area is 176 Å². The minimum absolute atomic E-state index is 0.0176. The van der Waals surface area contributed by atoms with E-state index < -0.39 is 0 Å². The van der Waals surface area contributed by atoms with Gasteiger partial charge in [-0.1, -0.05) is 62.4 Å². The second-order valence-corrected chi connectivity index (χ2v) is 7.92. The largest absolute Gasteiger partial charge is 0.330 e. The predicted octanol–water partition coefficient (Wildman–Crippen LogP) is 4.12. The lowest BCUT2D eigenvalue weighted by Gasteiger charge is -2.23. The second-order valence-electron chi connectivity index (χ2n) is 7.92. The number of nitrogens with zero attached hydrogens (tertiary/aromatic N) is 3. The molecule has 0 bridgehead atoms. The van der Waals surface area contributed by atoms with E-state index in [4.69, 9.17) is 0 Å². The Morgan fingerprint density at radius 2 is 1.70 bits per heavy atom. The summed E-state index contributed by atoms with van der Waals surface area (Å²) in [4.78, 5) is 31.7. The maximum Gasteiger partial charge on any atom is 0.246 e. The summed E-state index contributed by atoms with van der Waals surface area (Å²) in [5.41, 5.74) is 2.64. The van der Waals surface area contributed by atoms with E-state index in [-0.39, 0.29) is 30.3 Å². The summed E-state index contributed by atoms with van der Waals surface area (Å²) >= 11 is 0. The Bertz CT molecular complexity index is 1020. The van der Waals surface area contributed by atoms with E-state index in [0.29, 0.717) is 5.95 Å². The molecule has 4 rings (SSSR count). The zero-order valence-electron chi connectivity index (χ0n) is 17.3. The molecule has 6 nitrogen and oxygen atoms in total. The van der Waals surface area contributed by atoms with Crippen LogP contribution in [0.2, 0.25) is 0 Å². The summed E-state index contributed by atoms with van der Waals surface area (Å²) in [7, 11) is 0. The maximum absolute atomic E-state index is 12.9. The van der Waals surface area contributed by atoms with E-state index in [9.17, 15) is 9.59 Å². The molecule has 1 fully saturated rings. The molecule has 154 valence electrons. The molecule has 1 aromatic heterocycles. The van der Waals surface area contributed by atoms with Crippen LogP contribution in [0.1, 0.15) is 26.7 Å². The van der Waals surface area contributed by atoms with E-state index in [1.807, 2.05) is 85.3 Å². The van der Waals surface area contributed by atoms with E-state index in [2.05, 4.69) is 10.3 Å². The Hall–Kier alpha value is -3.41. The average molecular weight is 402 g/mol. The van der Waals surface area contributed by atoms with Crippen LogP contribution >= 0.6 is 0 Å². The molecule has 0 unspecified atom stereocenters. The summed E-state index contributed by atoms with van der Waals surface area (Å²) in [6, 6.07) is 19.8. The lowest BCUT2D eigenvalue weighted by atomic mass is 10.2. The summed E-state index contributed by atoms with van der Waals surface area (Å²) in [5.74, 6) is 0.0921. The first-order chi connectivity index (χ1) is 14.5. The summed E-state index contributed by atoms with van der Waals surface area (Å²) in [5, 5.41) is 2.93. The van der Waals surface area contributed by atoms with Gasteiger partial charge in [-0.2, -0.15) is 0 Å². The number of amides is 2. The van der Waals surface area contributed by atoms with Crippen molar-refractivity contribution in [3.8, 4) is 16.9 Å². The monoisotopic (exact) mass is 402 g/mol. The lowest BCUT2D eigenvalue weighted by molar-refractivity contribution is -0.138. The van der Waals surface area contributed by atoms with Crippen molar-refractivity contribution < 1.29 is 9.59 Å². The van der Waals surface area contributed by atoms with Crippen molar-refractivity contribution in [1.29, 1.82) is 0 Å². The number of hydrogen-bond acceptors (Lipinski definition) is 3. The normalized spacial score (nSPS) is 13.3. The molecule has 1 heterocycles. The van der Waals surface area contributed by atoms with E-state index in [1.165, 1.54) is 0 Å². The lowest BCUT2D eigenvalue weighted by Crippen LogP contribution is -2.41. The predicted molar refractivity (Wildman–Crippen MR) is 117 cm³/mol. The Morgan fingerprint density at radius 3 is 2.30 bits per heavy atom. The minimum Gasteiger partial charge on any atom is -0.330 e. The molecule has 0 radical (unpaired) electrons. The number of carbonyl (C=O) groups excluding carboxylic acids is 2. The van der Waals surface area contributed by atoms with Gasteiger partial charge in [-0.05, 0) is 25.0 Å². The van der Waals surface area contributed by atoms with Crippen LogP contribution in [0.5, 0.6) is 0 Å². The van der Waals surface area contributed by atoms with Gasteiger partial charge >= 0.3 is 0 Å². The van der Waals surface area contributed by atoms with Gasteiger partial charge in [0, 0.05) is 29.4 Å². The van der Waals surface area contributed by atoms with Crippen molar-refractivity contribution in [1.82, 2.24) is 14.5 Å². The van der Waals surface area contributed by atoms with Gasteiger partial charge in [0.1, 0.15) is 6.54 Å². The molecule has 0 aliphatic heterocycles. The molecule has 2 amide bonds. The Morgan fingerprint density at radius 1 is 1.07 bits per heavy atom. The highest BCUT2D eigenvalue weighted by molar-refractivity contribution is 5.94. The molecule has 6 heteroatoms. The number of rotatable bonds is 7. The molecule has 1 saturated carbocycles. The first kappa shape index (κ1) is 19.9. The number of hydrogen-bond donors (Lipinski definition) is 1. The highest BCUT2D eigenvalue weighted by Gasteiger charge is 2.34. The van der Waals surface area contributed by atoms with Gasteiger partial charge in [0.15, 0.2) is 0 Å². The SMILES string of the molecule is CC(C)C(=O)N(CC(=O)Nc1nc(-c2ccccc2)cn1-c1ccccc1)C1CC1. The second kappa shape index (κ2) is 8.53. The smallest absolute Gasteiger partial charge is 0.246 e. The number of aromatic nitrogens is 2. The van der Waals surface area contributed by atoms with Crippen LogP contribution in [-0.2, 0) is 9.59 Å². The molecule has 0 saturated heterocycles. The third-order valence-electron chi connectivity index (χ3n) is 5.14. The third-order valence-corrected chi connectivity index (χ3v) is 5.14. The van der Waals surface area contributed by atoms with Gasteiger partial charge in [0.2, 0.25) is 17.8 Å². The number of imidazole rings is 1. The van der Waals surface area contributed by atoms with E-state index in [0.717, 1.165) is 29.8 Å². The van der Waals surface area contributed by atoms with Gasteiger partial charge < -0.3 is 4.90 Å². The molecule has 1 N–H and O–H groups in total. The van der Waals surface area contributed by atoms with Gasteiger partial charge in [0.05, 0.1) is 5.69 Å². The summed E-state index contributed by atoms with van der Waals surface area (Å²) in [6.07, 6.45) is 3.84. The number of para-hydroxylation sites is 1. The van der Waals surface area contributed by atoms with Crippen LogP contribution in [0.4, 0.5) is 5.95 Å². The van der Waals surface area contributed by atoms with Gasteiger partial charge in [-0.15, -0.1) is 0 Å². The maximum atomic E-state index is 12.9.